The predicted molar refractivity (Wildman–Crippen MR) is 79.2 cm³/mol. The molecule has 6 nitrogen and oxygen atoms in total. The number of amides is 2. The van der Waals surface area contributed by atoms with Gasteiger partial charge in [0.15, 0.2) is 5.76 Å². The summed E-state index contributed by atoms with van der Waals surface area (Å²) in [6.07, 6.45) is 2.74. The second kappa shape index (κ2) is 7.45. The minimum absolute atomic E-state index is 0.00688. The fraction of sp³-hybridized carbons (Fsp3) is 0.733. The molecule has 118 valence electrons. The van der Waals surface area contributed by atoms with E-state index in [9.17, 15) is 4.79 Å². The van der Waals surface area contributed by atoms with Crippen LogP contribution < -0.4 is 5.32 Å². The standard InChI is InChI=1S/C15H25N3O3/c1-11(2)12-10-14(21-17-12)13-6-4-8-18(13)15(19)16-7-5-9-20-3/h10-11,13H,4-9H2,1-3H3,(H,16,19). The van der Waals surface area contributed by atoms with Gasteiger partial charge in [0.1, 0.15) is 0 Å². The Morgan fingerprint density at radius 1 is 1.62 bits per heavy atom. The van der Waals surface area contributed by atoms with Crippen molar-refractivity contribution in [1.29, 1.82) is 0 Å². The van der Waals surface area contributed by atoms with Crippen molar-refractivity contribution in [2.75, 3.05) is 26.8 Å². The van der Waals surface area contributed by atoms with Crippen molar-refractivity contribution in [3.63, 3.8) is 0 Å². The number of nitrogens with zero attached hydrogens (tertiary/aromatic N) is 2. The number of carbonyl (C=O) groups is 1. The highest BCUT2D eigenvalue weighted by molar-refractivity contribution is 5.75. The summed E-state index contributed by atoms with van der Waals surface area (Å²) in [6, 6.07) is 1.95. The molecule has 1 aromatic heterocycles. The lowest BCUT2D eigenvalue weighted by molar-refractivity contribution is 0.176. The number of hydrogen-bond donors (Lipinski definition) is 1. The van der Waals surface area contributed by atoms with Crippen molar-refractivity contribution >= 4 is 6.03 Å². The zero-order chi connectivity index (χ0) is 15.2. The fourth-order valence-electron chi connectivity index (χ4n) is 2.55. The number of aromatic nitrogens is 1. The Morgan fingerprint density at radius 2 is 2.43 bits per heavy atom. The van der Waals surface area contributed by atoms with Crippen LogP contribution in [0.3, 0.4) is 0 Å². The van der Waals surface area contributed by atoms with Crippen LogP contribution in [0.5, 0.6) is 0 Å². The Balaban J connectivity index is 1.94. The summed E-state index contributed by atoms with van der Waals surface area (Å²) in [7, 11) is 1.66. The molecule has 0 saturated carbocycles. The quantitative estimate of drug-likeness (QED) is 0.819. The van der Waals surface area contributed by atoms with E-state index in [2.05, 4.69) is 24.3 Å². The lowest BCUT2D eigenvalue weighted by atomic mass is 10.1. The molecule has 1 aromatic rings. The van der Waals surface area contributed by atoms with Crippen LogP contribution in [0, 0.1) is 0 Å². The minimum atomic E-state index is -0.0314. The van der Waals surface area contributed by atoms with Gasteiger partial charge >= 0.3 is 6.03 Å². The summed E-state index contributed by atoms with van der Waals surface area (Å²) in [4.78, 5) is 14.1. The van der Waals surface area contributed by atoms with Crippen LogP contribution in [0.1, 0.15) is 56.5 Å². The van der Waals surface area contributed by atoms with Gasteiger partial charge in [0.2, 0.25) is 0 Å². The SMILES string of the molecule is COCCCNC(=O)N1CCCC1c1cc(C(C)C)no1. The second-order valence-corrected chi connectivity index (χ2v) is 5.74. The van der Waals surface area contributed by atoms with E-state index >= 15 is 0 Å². The first-order valence-corrected chi connectivity index (χ1v) is 7.63. The van der Waals surface area contributed by atoms with Gasteiger partial charge in [0.25, 0.3) is 0 Å². The molecule has 1 N–H and O–H groups in total. The Morgan fingerprint density at radius 3 is 3.10 bits per heavy atom. The van der Waals surface area contributed by atoms with Gasteiger partial charge in [0.05, 0.1) is 11.7 Å². The van der Waals surface area contributed by atoms with Crippen LogP contribution in [0.4, 0.5) is 4.79 Å². The number of rotatable bonds is 6. The van der Waals surface area contributed by atoms with Gasteiger partial charge in [-0.05, 0) is 25.2 Å². The third-order valence-electron chi connectivity index (χ3n) is 3.78. The lowest BCUT2D eigenvalue weighted by Crippen LogP contribution is -2.40. The van der Waals surface area contributed by atoms with E-state index in [1.165, 1.54) is 0 Å². The molecular weight excluding hydrogens is 270 g/mol. The van der Waals surface area contributed by atoms with Crippen molar-refractivity contribution < 1.29 is 14.1 Å². The van der Waals surface area contributed by atoms with Gasteiger partial charge in [-0.3, -0.25) is 0 Å². The monoisotopic (exact) mass is 295 g/mol. The molecule has 1 atom stereocenters. The van der Waals surface area contributed by atoms with Gasteiger partial charge in [-0.25, -0.2) is 4.79 Å². The third-order valence-corrected chi connectivity index (χ3v) is 3.78. The van der Waals surface area contributed by atoms with E-state index in [1.54, 1.807) is 7.11 Å². The Hall–Kier alpha value is -1.56. The summed E-state index contributed by atoms with van der Waals surface area (Å²) >= 11 is 0. The number of methoxy groups -OCH3 is 1. The molecule has 0 spiro atoms. The second-order valence-electron chi connectivity index (χ2n) is 5.74. The smallest absolute Gasteiger partial charge is 0.318 e. The van der Waals surface area contributed by atoms with Crippen molar-refractivity contribution in [3.8, 4) is 0 Å². The normalized spacial score (nSPS) is 18.5. The number of nitrogens with one attached hydrogen (secondary N) is 1. The molecule has 1 aliphatic rings. The molecule has 0 bridgehead atoms. The summed E-state index contributed by atoms with van der Waals surface area (Å²) in [5, 5.41) is 7.02. The minimum Gasteiger partial charge on any atom is -0.385 e. The molecule has 2 heterocycles. The maximum Gasteiger partial charge on any atom is 0.318 e. The molecule has 6 heteroatoms. The number of likely N-dealkylation sites (tertiary alicyclic amines) is 1. The van der Waals surface area contributed by atoms with Crippen LogP contribution in [0.25, 0.3) is 0 Å². The van der Waals surface area contributed by atoms with Gasteiger partial charge in [-0.1, -0.05) is 19.0 Å². The summed E-state index contributed by atoms with van der Waals surface area (Å²) in [6.45, 7) is 6.21. The molecule has 21 heavy (non-hydrogen) atoms. The average Bonchev–Trinajstić information content (AvgIpc) is 3.10. The third kappa shape index (κ3) is 3.97. The van der Waals surface area contributed by atoms with E-state index in [0.717, 1.165) is 37.3 Å². The lowest BCUT2D eigenvalue weighted by Gasteiger charge is -2.23. The number of urea groups is 1. The fourth-order valence-corrected chi connectivity index (χ4v) is 2.55. The highest BCUT2D eigenvalue weighted by Crippen LogP contribution is 2.33. The first-order valence-electron chi connectivity index (χ1n) is 7.63. The maximum atomic E-state index is 12.2. The largest absolute Gasteiger partial charge is 0.385 e. The van der Waals surface area contributed by atoms with Crippen LogP contribution in [-0.4, -0.2) is 42.9 Å². The summed E-state index contributed by atoms with van der Waals surface area (Å²) in [5.41, 5.74) is 0.942. The summed E-state index contributed by atoms with van der Waals surface area (Å²) in [5.74, 6) is 1.13. The van der Waals surface area contributed by atoms with Crippen LogP contribution in [0.2, 0.25) is 0 Å². The number of hydrogen-bond acceptors (Lipinski definition) is 4. The van der Waals surface area contributed by atoms with Crippen molar-refractivity contribution in [2.45, 2.75) is 45.1 Å². The molecule has 1 unspecified atom stereocenters. The molecule has 1 aliphatic heterocycles. The Labute approximate surface area is 125 Å². The zero-order valence-corrected chi connectivity index (χ0v) is 13.1. The summed E-state index contributed by atoms with van der Waals surface area (Å²) < 4.78 is 10.4. The van der Waals surface area contributed by atoms with Crippen molar-refractivity contribution in [1.82, 2.24) is 15.4 Å². The first kappa shape index (κ1) is 15.8. The topological polar surface area (TPSA) is 67.6 Å². The highest BCUT2D eigenvalue weighted by atomic mass is 16.5. The zero-order valence-electron chi connectivity index (χ0n) is 13.1. The number of carbonyl (C=O) groups excluding carboxylic acids is 1. The van der Waals surface area contributed by atoms with E-state index in [1.807, 2.05) is 11.0 Å². The van der Waals surface area contributed by atoms with Crippen molar-refractivity contribution in [2.24, 2.45) is 0 Å². The van der Waals surface area contributed by atoms with Gasteiger partial charge < -0.3 is 19.5 Å². The highest BCUT2D eigenvalue weighted by Gasteiger charge is 2.32. The predicted octanol–water partition coefficient (Wildman–Crippen LogP) is 2.68. The molecule has 2 amide bonds. The van der Waals surface area contributed by atoms with Crippen LogP contribution in [0.15, 0.2) is 10.6 Å². The maximum absolute atomic E-state index is 12.2. The molecule has 2 rings (SSSR count). The van der Waals surface area contributed by atoms with Gasteiger partial charge in [0, 0.05) is 32.9 Å². The van der Waals surface area contributed by atoms with E-state index in [4.69, 9.17) is 9.26 Å². The first-order chi connectivity index (χ1) is 10.1. The average molecular weight is 295 g/mol. The molecule has 0 aliphatic carbocycles. The van der Waals surface area contributed by atoms with E-state index in [-0.39, 0.29) is 12.1 Å². The molecular formula is C15H25N3O3. The van der Waals surface area contributed by atoms with Gasteiger partial charge in [-0.15, -0.1) is 0 Å². The molecule has 0 aromatic carbocycles. The number of ether oxygens (including phenoxy) is 1. The molecule has 1 saturated heterocycles. The van der Waals surface area contributed by atoms with E-state index < -0.39 is 0 Å². The van der Waals surface area contributed by atoms with Crippen molar-refractivity contribution in [3.05, 3.63) is 17.5 Å². The molecule has 0 radical (unpaired) electrons. The molecule has 1 fully saturated rings. The van der Waals surface area contributed by atoms with Crippen LogP contribution >= 0.6 is 0 Å². The Kier molecular flexibility index (Phi) is 5.61. The van der Waals surface area contributed by atoms with Gasteiger partial charge in [-0.2, -0.15) is 0 Å². The Bertz CT molecular complexity index is 459. The van der Waals surface area contributed by atoms with Crippen LogP contribution in [-0.2, 0) is 4.74 Å². The van der Waals surface area contributed by atoms with E-state index in [0.29, 0.717) is 19.1 Å².